The van der Waals surface area contributed by atoms with Crippen molar-refractivity contribution in [2.45, 2.75) is 64.4 Å². The molecule has 0 aliphatic rings. The van der Waals surface area contributed by atoms with Crippen LogP contribution in [0.5, 0.6) is 0 Å². The first-order chi connectivity index (χ1) is 6.31. The van der Waals surface area contributed by atoms with Crippen LogP contribution in [0.25, 0.3) is 0 Å². The molecule has 80 valence electrons. The summed E-state index contributed by atoms with van der Waals surface area (Å²) in [5.41, 5.74) is 0. The Hall–Kier alpha value is 0.440. The normalized spacial score (nSPS) is 13.2. The number of rotatable bonds is 9. The van der Waals surface area contributed by atoms with Crippen molar-refractivity contribution in [2.75, 3.05) is 5.33 Å². The van der Waals surface area contributed by atoms with Gasteiger partial charge in [0.25, 0.3) is 0 Å². The van der Waals surface area contributed by atoms with E-state index in [1.165, 1.54) is 38.5 Å². The lowest BCUT2D eigenvalue weighted by molar-refractivity contribution is 0.148. The number of halogens is 1. The Kier molecular flexibility index (Phi) is 10.9. The van der Waals surface area contributed by atoms with Crippen molar-refractivity contribution in [3.05, 3.63) is 0 Å². The van der Waals surface area contributed by atoms with Crippen LogP contribution in [0.1, 0.15) is 58.3 Å². The Bertz CT molecular complexity index is 96.1. The van der Waals surface area contributed by atoms with Gasteiger partial charge >= 0.3 is 0 Å². The number of hydrogen-bond donors (Lipinski definition) is 1. The average Bonchev–Trinajstić information content (AvgIpc) is 2.14. The van der Waals surface area contributed by atoms with E-state index < -0.39 is 0 Å². The van der Waals surface area contributed by atoms with Crippen LogP contribution in [0.4, 0.5) is 0 Å². The maximum atomic E-state index is 9.53. The lowest BCUT2D eigenvalue weighted by Gasteiger charge is -2.08. The molecule has 0 heterocycles. The molecule has 0 aliphatic heterocycles. The Labute approximate surface area is 91.1 Å². The van der Waals surface area contributed by atoms with Crippen molar-refractivity contribution in [3.8, 4) is 0 Å². The summed E-state index contributed by atoms with van der Waals surface area (Å²) in [6.07, 6.45) is 9.35. The molecule has 0 rings (SSSR count). The zero-order valence-corrected chi connectivity index (χ0v) is 10.4. The second-order valence-electron chi connectivity index (χ2n) is 3.69. The zero-order valence-electron chi connectivity index (χ0n) is 8.77. The third-order valence-corrected chi connectivity index (χ3v) is 2.87. The molecular weight excluding hydrogens is 228 g/mol. The van der Waals surface area contributed by atoms with E-state index in [2.05, 4.69) is 22.9 Å². The van der Waals surface area contributed by atoms with Crippen LogP contribution in [0.15, 0.2) is 0 Å². The van der Waals surface area contributed by atoms with E-state index >= 15 is 0 Å². The number of hydrogen-bond acceptors (Lipinski definition) is 1. The summed E-state index contributed by atoms with van der Waals surface area (Å²) < 4.78 is 0. The van der Waals surface area contributed by atoms with Gasteiger partial charge in [0, 0.05) is 5.33 Å². The number of aliphatic hydroxyl groups excluding tert-OH is 1. The summed E-state index contributed by atoms with van der Waals surface area (Å²) in [5, 5.41) is 10.6. The second-order valence-corrected chi connectivity index (χ2v) is 4.48. The first-order valence-corrected chi connectivity index (χ1v) is 6.67. The van der Waals surface area contributed by atoms with Crippen molar-refractivity contribution in [1.29, 1.82) is 0 Å². The molecular formula is C11H23BrO. The fraction of sp³-hybridized carbons (Fsp3) is 1.00. The fourth-order valence-corrected chi connectivity index (χ4v) is 1.81. The molecule has 0 spiro atoms. The predicted molar refractivity (Wildman–Crippen MR) is 62.4 cm³/mol. The molecule has 0 saturated carbocycles. The van der Waals surface area contributed by atoms with Crippen LogP contribution in [0.3, 0.4) is 0 Å². The molecule has 0 bridgehead atoms. The van der Waals surface area contributed by atoms with Gasteiger partial charge in [-0.2, -0.15) is 0 Å². The molecule has 2 heteroatoms. The monoisotopic (exact) mass is 250 g/mol. The first kappa shape index (κ1) is 13.4. The summed E-state index contributed by atoms with van der Waals surface area (Å²) >= 11 is 3.42. The second kappa shape index (κ2) is 10.5. The number of unbranched alkanes of at least 4 members (excludes halogenated alkanes) is 4. The van der Waals surface area contributed by atoms with Crippen LogP contribution in [0, 0.1) is 0 Å². The van der Waals surface area contributed by atoms with E-state index in [-0.39, 0.29) is 6.10 Å². The minimum absolute atomic E-state index is 0.0380. The molecule has 0 saturated heterocycles. The van der Waals surface area contributed by atoms with E-state index in [1.807, 2.05) is 0 Å². The van der Waals surface area contributed by atoms with Crippen LogP contribution in [-0.2, 0) is 0 Å². The summed E-state index contributed by atoms with van der Waals surface area (Å²) in [5.74, 6) is 0. The summed E-state index contributed by atoms with van der Waals surface area (Å²) in [6.45, 7) is 2.17. The molecule has 1 atom stereocenters. The minimum atomic E-state index is -0.0380. The summed E-state index contributed by atoms with van der Waals surface area (Å²) in [4.78, 5) is 0. The van der Waals surface area contributed by atoms with Crippen molar-refractivity contribution in [3.63, 3.8) is 0 Å². The van der Waals surface area contributed by atoms with Gasteiger partial charge in [0.1, 0.15) is 0 Å². The van der Waals surface area contributed by atoms with Gasteiger partial charge in [-0.1, -0.05) is 55.0 Å². The van der Waals surface area contributed by atoms with Gasteiger partial charge in [-0.3, -0.25) is 0 Å². The lowest BCUT2D eigenvalue weighted by Crippen LogP contribution is -2.05. The van der Waals surface area contributed by atoms with Gasteiger partial charge in [0.05, 0.1) is 6.10 Å². The van der Waals surface area contributed by atoms with Gasteiger partial charge in [0.15, 0.2) is 0 Å². The predicted octanol–water partition coefficient (Wildman–Crippen LogP) is 3.88. The maximum Gasteiger partial charge on any atom is 0.0540 e. The topological polar surface area (TPSA) is 20.2 Å². The van der Waals surface area contributed by atoms with Crippen molar-refractivity contribution >= 4 is 15.9 Å². The smallest absolute Gasteiger partial charge is 0.0540 e. The van der Waals surface area contributed by atoms with Crippen LogP contribution < -0.4 is 0 Å². The number of aliphatic hydroxyl groups is 1. The van der Waals surface area contributed by atoms with Gasteiger partial charge in [-0.25, -0.2) is 0 Å². The molecule has 13 heavy (non-hydrogen) atoms. The van der Waals surface area contributed by atoms with Crippen molar-refractivity contribution in [1.82, 2.24) is 0 Å². The fourth-order valence-electron chi connectivity index (χ4n) is 1.41. The van der Waals surface area contributed by atoms with Gasteiger partial charge < -0.3 is 5.11 Å². The highest BCUT2D eigenvalue weighted by atomic mass is 79.9. The average molecular weight is 251 g/mol. The molecule has 0 amide bonds. The third kappa shape index (κ3) is 10.4. The van der Waals surface area contributed by atoms with Gasteiger partial charge in [-0.15, -0.1) is 0 Å². The molecule has 0 aromatic carbocycles. The summed E-state index contributed by atoms with van der Waals surface area (Å²) in [6, 6.07) is 0. The Morgan fingerprint density at radius 3 is 2.23 bits per heavy atom. The van der Waals surface area contributed by atoms with E-state index in [0.717, 1.165) is 18.2 Å². The van der Waals surface area contributed by atoms with E-state index in [1.54, 1.807) is 0 Å². The highest BCUT2D eigenvalue weighted by molar-refractivity contribution is 9.09. The Morgan fingerprint density at radius 2 is 1.62 bits per heavy atom. The van der Waals surface area contributed by atoms with E-state index in [4.69, 9.17) is 0 Å². The lowest BCUT2D eigenvalue weighted by atomic mass is 10.1. The quantitative estimate of drug-likeness (QED) is 0.487. The molecule has 0 aliphatic carbocycles. The minimum Gasteiger partial charge on any atom is -0.393 e. The largest absolute Gasteiger partial charge is 0.393 e. The Morgan fingerprint density at radius 1 is 1.00 bits per heavy atom. The molecule has 0 aromatic heterocycles. The molecule has 1 nitrogen and oxygen atoms in total. The molecule has 1 unspecified atom stereocenters. The van der Waals surface area contributed by atoms with Crippen LogP contribution in [0.2, 0.25) is 0 Å². The highest BCUT2D eigenvalue weighted by Gasteiger charge is 2.02. The SMILES string of the molecule is CCCCC(O)CCCCCCBr. The molecule has 0 aromatic rings. The number of alkyl halides is 1. The van der Waals surface area contributed by atoms with Crippen LogP contribution in [-0.4, -0.2) is 16.5 Å². The van der Waals surface area contributed by atoms with E-state index in [0.29, 0.717) is 0 Å². The van der Waals surface area contributed by atoms with Crippen LogP contribution >= 0.6 is 15.9 Å². The molecule has 0 radical (unpaired) electrons. The highest BCUT2D eigenvalue weighted by Crippen LogP contribution is 2.10. The van der Waals surface area contributed by atoms with Gasteiger partial charge in [-0.05, 0) is 19.3 Å². The third-order valence-electron chi connectivity index (χ3n) is 2.31. The standard InChI is InChI=1S/C11H23BrO/c1-2-3-8-11(13)9-6-4-5-7-10-12/h11,13H,2-10H2,1H3. The maximum absolute atomic E-state index is 9.53. The molecule has 0 fully saturated rings. The van der Waals surface area contributed by atoms with Gasteiger partial charge in [0.2, 0.25) is 0 Å². The molecule has 1 N–H and O–H groups in total. The zero-order chi connectivity index (χ0) is 9.94. The van der Waals surface area contributed by atoms with Crippen molar-refractivity contribution < 1.29 is 5.11 Å². The first-order valence-electron chi connectivity index (χ1n) is 5.55. The van der Waals surface area contributed by atoms with E-state index in [9.17, 15) is 5.11 Å². The Balaban J connectivity index is 3.03. The summed E-state index contributed by atoms with van der Waals surface area (Å²) in [7, 11) is 0. The van der Waals surface area contributed by atoms with Crippen molar-refractivity contribution in [2.24, 2.45) is 0 Å².